The van der Waals surface area contributed by atoms with Crippen LogP contribution in [-0.2, 0) is 4.79 Å². The Morgan fingerprint density at radius 3 is 2.58 bits per heavy atom. The molecule has 4 nitrogen and oxygen atoms in total. The van der Waals surface area contributed by atoms with Crippen LogP contribution in [0.1, 0.15) is 30.0 Å². The zero-order chi connectivity index (χ0) is 14.4. The fourth-order valence-electron chi connectivity index (χ4n) is 1.77. The molecule has 0 aliphatic carbocycles. The highest BCUT2D eigenvalue weighted by Crippen LogP contribution is 2.25. The van der Waals surface area contributed by atoms with Crippen molar-refractivity contribution in [2.24, 2.45) is 5.73 Å². The van der Waals surface area contributed by atoms with Gasteiger partial charge in [-0.2, -0.15) is 0 Å². The van der Waals surface area contributed by atoms with Gasteiger partial charge in [0.05, 0.1) is 12.6 Å². The van der Waals surface area contributed by atoms with E-state index in [1.165, 1.54) is 11.1 Å². The van der Waals surface area contributed by atoms with Crippen LogP contribution in [0.4, 0.5) is 0 Å². The zero-order valence-electron chi connectivity index (χ0n) is 12.2. The van der Waals surface area contributed by atoms with Crippen molar-refractivity contribution in [1.29, 1.82) is 0 Å². The van der Waals surface area contributed by atoms with E-state index in [0.717, 1.165) is 17.7 Å². The molecule has 0 fully saturated rings. The number of hydrogen-bond acceptors (Lipinski definition) is 3. The Balaban J connectivity index is 2.38. The minimum atomic E-state index is -0.456. The highest BCUT2D eigenvalue weighted by molar-refractivity contribution is 5.80. The van der Waals surface area contributed by atoms with Crippen molar-refractivity contribution in [2.75, 3.05) is 13.2 Å². The smallest absolute Gasteiger partial charge is 0.236 e. The summed E-state index contributed by atoms with van der Waals surface area (Å²) < 4.78 is 5.81. The third-order valence-electron chi connectivity index (χ3n) is 3.15. The lowest BCUT2D eigenvalue weighted by molar-refractivity contribution is -0.121. The highest BCUT2D eigenvalue weighted by Gasteiger charge is 2.07. The molecule has 106 valence electrons. The number of carbonyl (C=O) groups excluding carboxylic acids is 1. The summed E-state index contributed by atoms with van der Waals surface area (Å²) in [6, 6.07) is 3.71. The van der Waals surface area contributed by atoms with E-state index in [1.54, 1.807) is 6.92 Å². The second-order valence-corrected chi connectivity index (χ2v) is 4.94. The first kappa shape index (κ1) is 15.5. The third kappa shape index (κ3) is 4.56. The first-order valence-corrected chi connectivity index (χ1v) is 6.66. The van der Waals surface area contributed by atoms with Gasteiger partial charge < -0.3 is 15.8 Å². The van der Waals surface area contributed by atoms with Crippen molar-refractivity contribution in [1.82, 2.24) is 5.32 Å². The van der Waals surface area contributed by atoms with Crippen molar-refractivity contribution in [3.8, 4) is 5.75 Å². The van der Waals surface area contributed by atoms with Crippen molar-refractivity contribution in [3.63, 3.8) is 0 Å². The Bertz CT molecular complexity index is 442. The van der Waals surface area contributed by atoms with E-state index in [9.17, 15) is 4.79 Å². The Morgan fingerprint density at radius 2 is 1.95 bits per heavy atom. The standard InChI is InChI=1S/C15H24N2O2/c1-10-6-7-11(2)14(12(10)3)19-9-5-8-17-15(18)13(4)16/h6-7,13H,5,8-9,16H2,1-4H3,(H,17,18). The minimum absolute atomic E-state index is 0.122. The lowest BCUT2D eigenvalue weighted by atomic mass is 10.1. The number of carbonyl (C=O) groups is 1. The molecule has 0 radical (unpaired) electrons. The van der Waals surface area contributed by atoms with E-state index in [0.29, 0.717) is 13.2 Å². The molecule has 3 N–H and O–H groups in total. The Hall–Kier alpha value is -1.55. The first-order valence-electron chi connectivity index (χ1n) is 6.66. The van der Waals surface area contributed by atoms with Crippen LogP contribution in [-0.4, -0.2) is 25.1 Å². The van der Waals surface area contributed by atoms with E-state index in [-0.39, 0.29) is 5.91 Å². The van der Waals surface area contributed by atoms with Gasteiger partial charge in [0.1, 0.15) is 5.75 Å². The number of benzene rings is 1. The van der Waals surface area contributed by atoms with Crippen LogP contribution in [0.15, 0.2) is 12.1 Å². The number of ether oxygens (including phenoxy) is 1. The maximum atomic E-state index is 11.3. The molecular formula is C15H24N2O2. The molecule has 1 aromatic carbocycles. The van der Waals surface area contributed by atoms with E-state index in [2.05, 4.69) is 31.3 Å². The number of rotatable bonds is 6. The van der Waals surface area contributed by atoms with Crippen LogP contribution in [0.2, 0.25) is 0 Å². The lowest BCUT2D eigenvalue weighted by Gasteiger charge is -2.14. The Morgan fingerprint density at radius 1 is 1.32 bits per heavy atom. The molecule has 1 aromatic rings. The molecule has 0 saturated carbocycles. The molecule has 0 heterocycles. The molecule has 0 aliphatic heterocycles. The summed E-state index contributed by atoms with van der Waals surface area (Å²) >= 11 is 0. The highest BCUT2D eigenvalue weighted by atomic mass is 16.5. The Kier molecular flexibility index (Phi) is 5.83. The summed E-state index contributed by atoms with van der Waals surface area (Å²) in [4.78, 5) is 11.3. The van der Waals surface area contributed by atoms with E-state index in [4.69, 9.17) is 10.5 Å². The summed E-state index contributed by atoms with van der Waals surface area (Å²) in [6.07, 6.45) is 0.769. The maximum Gasteiger partial charge on any atom is 0.236 e. The molecule has 1 rings (SSSR count). The second kappa shape index (κ2) is 7.14. The van der Waals surface area contributed by atoms with Crippen molar-refractivity contribution in [3.05, 3.63) is 28.8 Å². The maximum absolute atomic E-state index is 11.3. The quantitative estimate of drug-likeness (QED) is 0.771. The van der Waals surface area contributed by atoms with Gasteiger partial charge >= 0.3 is 0 Å². The van der Waals surface area contributed by atoms with Crippen molar-refractivity contribution >= 4 is 5.91 Å². The van der Waals surface area contributed by atoms with E-state index in [1.807, 2.05) is 6.92 Å². The molecule has 0 aromatic heterocycles. The van der Waals surface area contributed by atoms with Gasteiger partial charge in [0, 0.05) is 6.54 Å². The van der Waals surface area contributed by atoms with E-state index < -0.39 is 6.04 Å². The predicted molar refractivity (Wildman–Crippen MR) is 77.4 cm³/mol. The lowest BCUT2D eigenvalue weighted by Crippen LogP contribution is -2.38. The van der Waals surface area contributed by atoms with Gasteiger partial charge in [0.25, 0.3) is 0 Å². The Labute approximate surface area is 115 Å². The summed E-state index contributed by atoms with van der Waals surface area (Å²) in [5.41, 5.74) is 9.00. The fraction of sp³-hybridized carbons (Fsp3) is 0.533. The van der Waals surface area contributed by atoms with Gasteiger partial charge in [-0.15, -0.1) is 0 Å². The van der Waals surface area contributed by atoms with Crippen molar-refractivity contribution in [2.45, 2.75) is 40.2 Å². The predicted octanol–water partition coefficient (Wildman–Crippen LogP) is 1.84. The number of aryl methyl sites for hydroxylation is 2. The fourth-order valence-corrected chi connectivity index (χ4v) is 1.77. The molecule has 19 heavy (non-hydrogen) atoms. The third-order valence-corrected chi connectivity index (χ3v) is 3.15. The van der Waals surface area contributed by atoms with Crippen molar-refractivity contribution < 1.29 is 9.53 Å². The molecule has 1 unspecified atom stereocenters. The summed E-state index contributed by atoms with van der Waals surface area (Å²) in [5, 5.41) is 2.77. The van der Waals surface area contributed by atoms with Crippen LogP contribution < -0.4 is 15.8 Å². The van der Waals surface area contributed by atoms with Gasteiger partial charge in [0.15, 0.2) is 0 Å². The minimum Gasteiger partial charge on any atom is -0.493 e. The molecule has 1 amide bonds. The molecule has 0 bridgehead atoms. The SMILES string of the molecule is Cc1ccc(C)c(OCCCNC(=O)C(C)N)c1C. The number of nitrogens with one attached hydrogen (secondary N) is 1. The van der Waals surface area contributed by atoms with Gasteiger partial charge in [-0.25, -0.2) is 0 Å². The van der Waals surface area contributed by atoms with Crippen LogP contribution in [0, 0.1) is 20.8 Å². The normalized spacial score (nSPS) is 12.1. The van der Waals surface area contributed by atoms with Gasteiger partial charge in [-0.3, -0.25) is 4.79 Å². The summed E-state index contributed by atoms with van der Waals surface area (Å²) in [5.74, 6) is 0.835. The largest absolute Gasteiger partial charge is 0.493 e. The molecule has 4 heteroatoms. The zero-order valence-corrected chi connectivity index (χ0v) is 12.2. The number of hydrogen-bond donors (Lipinski definition) is 2. The molecule has 0 spiro atoms. The topological polar surface area (TPSA) is 64.3 Å². The summed E-state index contributed by atoms with van der Waals surface area (Å²) in [7, 11) is 0. The van der Waals surface area contributed by atoms with Gasteiger partial charge in [-0.1, -0.05) is 12.1 Å². The van der Waals surface area contributed by atoms with Crippen LogP contribution >= 0.6 is 0 Å². The second-order valence-electron chi connectivity index (χ2n) is 4.94. The molecule has 0 aliphatic rings. The van der Waals surface area contributed by atoms with Crippen LogP contribution in [0.25, 0.3) is 0 Å². The molecule has 0 saturated heterocycles. The molecular weight excluding hydrogens is 240 g/mol. The van der Waals surface area contributed by atoms with E-state index >= 15 is 0 Å². The monoisotopic (exact) mass is 264 g/mol. The average molecular weight is 264 g/mol. The van der Waals surface area contributed by atoms with Crippen LogP contribution in [0.3, 0.4) is 0 Å². The van der Waals surface area contributed by atoms with Gasteiger partial charge in [-0.05, 0) is 50.8 Å². The summed E-state index contributed by atoms with van der Waals surface area (Å²) in [6.45, 7) is 9.03. The average Bonchev–Trinajstić information content (AvgIpc) is 2.37. The molecule has 1 atom stereocenters. The van der Waals surface area contributed by atoms with Gasteiger partial charge in [0.2, 0.25) is 5.91 Å². The number of nitrogens with two attached hydrogens (primary N) is 1. The number of amides is 1. The van der Waals surface area contributed by atoms with Crippen LogP contribution in [0.5, 0.6) is 5.75 Å². The first-order chi connectivity index (χ1) is 8.93.